The van der Waals surface area contributed by atoms with Crippen LogP contribution in [0.5, 0.6) is 0 Å². The minimum atomic E-state index is -0.146. The molecule has 1 aliphatic rings. The van der Waals surface area contributed by atoms with E-state index in [1.807, 2.05) is 33.8 Å². The molecule has 29 heavy (non-hydrogen) atoms. The summed E-state index contributed by atoms with van der Waals surface area (Å²) in [4.78, 5) is 23.1. The van der Waals surface area contributed by atoms with Gasteiger partial charge in [0.15, 0.2) is 5.82 Å². The summed E-state index contributed by atoms with van der Waals surface area (Å²) in [6, 6.07) is 3.58. The minimum Gasteiger partial charge on any atom is -0.327 e. The molecule has 3 aromatic heterocycles. The SMILES string of the molecule is C.CC.Cc1cc(C(C)N2Cc3c(ccnc3Cl)C2=O)cnc1-n1cc(Cl)cn1. The highest BCUT2D eigenvalue weighted by atomic mass is 35.5. The zero-order chi connectivity index (χ0) is 20.4. The van der Waals surface area contributed by atoms with E-state index in [1.165, 1.54) is 0 Å². The molecule has 3 aromatic rings. The molecule has 0 radical (unpaired) electrons. The largest absolute Gasteiger partial charge is 0.327 e. The Morgan fingerprint density at radius 2 is 1.90 bits per heavy atom. The molecular weight excluding hydrogens is 409 g/mol. The fraction of sp³-hybridized carbons (Fsp3) is 0.333. The summed E-state index contributed by atoms with van der Waals surface area (Å²) in [5, 5.41) is 5.11. The second kappa shape index (κ2) is 9.37. The van der Waals surface area contributed by atoms with Crippen LogP contribution in [0, 0.1) is 6.92 Å². The zero-order valence-electron chi connectivity index (χ0n) is 16.1. The van der Waals surface area contributed by atoms with Crippen molar-refractivity contribution < 1.29 is 4.79 Å². The standard InChI is InChI=1S/C18H15Cl2N5O.C2H6.CH4/c1-10-5-12(6-22-17(10)25-8-13(19)7-23-25)11(2)24-9-15-14(18(24)26)3-4-21-16(15)20;1-2;/h3-8,11H,9H2,1-2H3;1-2H3;1H4. The summed E-state index contributed by atoms with van der Waals surface area (Å²) < 4.78 is 1.63. The minimum absolute atomic E-state index is 0. The van der Waals surface area contributed by atoms with E-state index < -0.39 is 0 Å². The third-order valence-electron chi connectivity index (χ3n) is 4.61. The van der Waals surface area contributed by atoms with E-state index in [0.29, 0.717) is 28.1 Å². The van der Waals surface area contributed by atoms with Gasteiger partial charge in [-0.25, -0.2) is 14.6 Å². The number of aryl methyl sites for hydroxylation is 1. The first-order valence-corrected chi connectivity index (χ1v) is 9.82. The van der Waals surface area contributed by atoms with Gasteiger partial charge in [-0.05, 0) is 37.1 Å². The summed E-state index contributed by atoms with van der Waals surface area (Å²) in [6.07, 6.45) is 6.59. The fourth-order valence-electron chi connectivity index (χ4n) is 3.18. The van der Waals surface area contributed by atoms with Crippen molar-refractivity contribution in [3.05, 3.63) is 69.3 Å². The molecule has 0 aromatic carbocycles. The number of rotatable bonds is 3. The number of fused-ring (bicyclic) bond motifs is 1. The molecule has 0 saturated heterocycles. The van der Waals surface area contributed by atoms with Crippen LogP contribution < -0.4 is 0 Å². The van der Waals surface area contributed by atoms with Crippen molar-refractivity contribution in [2.75, 3.05) is 0 Å². The first-order valence-electron chi connectivity index (χ1n) is 9.07. The number of carbonyl (C=O) groups excluding carboxylic acids is 1. The topological polar surface area (TPSA) is 63.9 Å². The third kappa shape index (κ3) is 4.28. The number of pyridine rings is 2. The number of hydrogen-bond acceptors (Lipinski definition) is 4. The van der Waals surface area contributed by atoms with Crippen LogP contribution in [-0.4, -0.2) is 30.6 Å². The van der Waals surface area contributed by atoms with Crippen LogP contribution in [0.25, 0.3) is 5.82 Å². The molecular formula is C21H25Cl2N5O. The molecule has 6 nitrogen and oxygen atoms in total. The molecule has 8 heteroatoms. The molecule has 0 N–H and O–H groups in total. The number of carbonyl (C=O) groups is 1. The Bertz CT molecular complexity index is 1020. The zero-order valence-corrected chi connectivity index (χ0v) is 17.7. The summed E-state index contributed by atoms with van der Waals surface area (Å²) in [7, 11) is 0. The van der Waals surface area contributed by atoms with E-state index in [9.17, 15) is 4.79 Å². The van der Waals surface area contributed by atoms with Crippen LogP contribution in [-0.2, 0) is 6.54 Å². The molecule has 0 fully saturated rings. The average Bonchev–Trinajstić information content (AvgIpc) is 3.27. The maximum Gasteiger partial charge on any atom is 0.255 e. The molecule has 0 saturated carbocycles. The Morgan fingerprint density at radius 3 is 2.48 bits per heavy atom. The maximum absolute atomic E-state index is 12.7. The Hall–Kier alpha value is -2.44. The highest BCUT2D eigenvalue weighted by Gasteiger charge is 2.33. The van der Waals surface area contributed by atoms with Gasteiger partial charge in [0.05, 0.1) is 30.0 Å². The molecule has 4 heterocycles. The lowest BCUT2D eigenvalue weighted by Crippen LogP contribution is -2.27. The number of hydrogen-bond donors (Lipinski definition) is 0. The Labute approximate surface area is 181 Å². The average molecular weight is 434 g/mol. The molecule has 0 bridgehead atoms. The van der Waals surface area contributed by atoms with Gasteiger partial charge in [-0.1, -0.05) is 44.5 Å². The van der Waals surface area contributed by atoms with Crippen molar-refractivity contribution in [3.8, 4) is 5.82 Å². The summed E-state index contributed by atoms with van der Waals surface area (Å²) in [5.74, 6) is 0.661. The summed E-state index contributed by atoms with van der Waals surface area (Å²) >= 11 is 12.1. The van der Waals surface area contributed by atoms with E-state index in [-0.39, 0.29) is 19.4 Å². The molecule has 4 rings (SSSR count). The monoisotopic (exact) mass is 433 g/mol. The van der Waals surface area contributed by atoms with Gasteiger partial charge in [-0.3, -0.25) is 4.79 Å². The highest BCUT2D eigenvalue weighted by Crippen LogP contribution is 2.34. The number of amides is 1. The molecule has 0 aliphatic carbocycles. The van der Waals surface area contributed by atoms with Crippen molar-refractivity contribution in [2.24, 2.45) is 0 Å². The van der Waals surface area contributed by atoms with Gasteiger partial charge in [-0.15, -0.1) is 0 Å². The van der Waals surface area contributed by atoms with Crippen LogP contribution >= 0.6 is 23.2 Å². The lowest BCUT2D eigenvalue weighted by atomic mass is 10.1. The third-order valence-corrected chi connectivity index (χ3v) is 5.13. The van der Waals surface area contributed by atoms with Gasteiger partial charge in [0.25, 0.3) is 5.91 Å². The van der Waals surface area contributed by atoms with Crippen molar-refractivity contribution in [3.63, 3.8) is 0 Å². The van der Waals surface area contributed by atoms with Crippen molar-refractivity contribution in [1.29, 1.82) is 0 Å². The highest BCUT2D eigenvalue weighted by molar-refractivity contribution is 6.31. The molecule has 0 spiro atoms. The first-order chi connectivity index (χ1) is 13.5. The molecule has 1 amide bonds. The van der Waals surface area contributed by atoms with Gasteiger partial charge < -0.3 is 4.90 Å². The van der Waals surface area contributed by atoms with Gasteiger partial charge in [-0.2, -0.15) is 5.10 Å². The Kier molecular flexibility index (Phi) is 7.38. The number of halogens is 2. The normalized spacial score (nSPS) is 13.3. The van der Waals surface area contributed by atoms with Crippen LogP contribution in [0.1, 0.15) is 61.3 Å². The van der Waals surface area contributed by atoms with Crippen molar-refractivity contribution >= 4 is 29.1 Å². The van der Waals surface area contributed by atoms with Crippen molar-refractivity contribution in [1.82, 2.24) is 24.6 Å². The van der Waals surface area contributed by atoms with Crippen LogP contribution in [0.3, 0.4) is 0 Å². The van der Waals surface area contributed by atoms with Gasteiger partial charge in [0.2, 0.25) is 0 Å². The fourth-order valence-corrected chi connectivity index (χ4v) is 3.54. The van der Waals surface area contributed by atoms with Gasteiger partial charge >= 0.3 is 0 Å². The van der Waals surface area contributed by atoms with E-state index in [0.717, 1.165) is 16.7 Å². The maximum atomic E-state index is 12.7. The summed E-state index contributed by atoms with van der Waals surface area (Å²) in [5.41, 5.74) is 3.27. The molecule has 154 valence electrons. The van der Waals surface area contributed by atoms with E-state index >= 15 is 0 Å². The second-order valence-electron chi connectivity index (χ2n) is 6.25. The van der Waals surface area contributed by atoms with Crippen molar-refractivity contribution in [2.45, 2.75) is 47.7 Å². The Balaban J connectivity index is 0.000000970. The van der Waals surface area contributed by atoms with Crippen LogP contribution in [0.2, 0.25) is 10.2 Å². The van der Waals surface area contributed by atoms with Gasteiger partial charge in [0.1, 0.15) is 5.15 Å². The smallest absolute Gasteiger partial charge is 0.255 e. The van der Waals surface area contributed by atoms with E-state index in [4.69, 9.17) is 23.2 Å². The molecule has 1 aliphatic heterocycles. The quantitative estimate of drug-likeness (QED) is 0.499. The summed E-state index contributed by atoms with van der Waals surface area (Å²) in [6.45, 7) is 8.37. The molecule has 1 atom stereocenters. The lowest BCUT2D eigenvalue weighted by molar-refractivity contribution is 0.0715. The Morgan fingerprint density at radius 1 is 1.17 bits per heavy atom. The van der Waals surface area contributed by atoms with E-state index in [2.05, 4.69) is 15.1 Å². The second-order valence-corrected chi connectivity index (χ2v) is 7.04. The van der Waals surface area contributed by atoms with Crippen LogP contribution in [0.15, 0.2) is 36.9 Å². The molecule has 1 unspecified atom stereocenters. The predicted molar refractivity (Wildman–Crippen MR) is 117 cm³/mol. The first kappa shape index (κ1) is 22.8. The number of nitrogens with zero attached hydrogens (tertiary/aromatic N) is 5. The lowest BCUT2D eigenvalue weighted by Gasteiger charge is -2.25. The van der Waals surface area contributed by atoms with E-state index in [1.54, 1.807) is 40.4 Å². The predicted octanol–water partition coefficient (Wildman–Crippen LogP) is 5.66. The number of aromatic nitrogens is 4. The van der Waals surface area contributed by atoms with Gasteiger partial charge in [0, 0.05) is 23.5 Å². The van der Waals surface area contributed by atoms with Crippen LogP contribution in [0.4, 0.5) is 0 Å².